The summed E-state index contributed by atoms with van der Waals surface area (Å²) in [6.45, 7) is 18.6. The molecule has 28 heavy (non-hydrogen) atoms. The Bertz CT molecular complexity index is 650. The molecule has 0 aromatic carbocycles. The summed E-state index contributed by atoms with van der Waals surface area (Å²) >= 11 is 1.63. The number of thioether (sulfide) groups is 1. The van der Waals surface area contributed by atoms with Crippen LogP contribution in [0.25, 0.3) is 0 Å². The average molecular weight is 424 g/mol. The number of hydrogen-bond donors (Lipinski definition) is 0. The number of hydrogen-bond acceptors (Lipinski definition) is 5. The molecule has 0 saturated carbocycles. The van der Waals surface area contributed by atoms with Crippen molar-refractivity contribution < 1.29 is 13.9 Å². The normalized spacial score (nSPS) is 22.1. The molecule has 0 amide bonds. The van der Waals surface area contributed by atoms with Crippen molar-refractivity contribution in [3.63, 3.8) is 0 Å². The van der Waals surface area contributed by atoms with Crippen LogP contribution in [-0.2, 0) is 13.9 Å². The second kappa shape index (κ2) is 9.22. The van der Waals surface area contributed by atoms with Crippen molar-refractivity contribution in [3.05, 3.63) is 36.4 Å². The van der Waals surface area contributed by atoms with E-state index < -0.39 is 8.32 Å². The van der Waals surface area contributed by atoms with Gasteiger partial charge in [0.25, 0.3) is 0 Å². The maximum Gasteiger partial charge on any atom is 0.250 e. The van der Waals surface area contributed by atoms with E-state index in [0.717, 1.165) is 30.2 Å². The summed E-state index contributed by atoms with van der Waals surface area (Å²) in [6.07, 6.45) is 5.63. The molecule has 2 heterocycles. The van der Waals surface area contributed by atoms with E-state index in [9.17, 15) is 0 Å². The fourth-order valence-corrected chi connectivity index (χ4v) is 4.68. The highest BCUT2D eigenvalue weighted by Crippen LogP contribution is 2.41. The lowest BCUT2D eigenvalue weighted by atomic mass is 9.95. The van der Waals surface area contributed by atoms with Crippen molar-refractivity contribution in [2.75, 3.05) is 6.61 Å². The molecule has 1 aromatic heterocycles. The highest BCUT2D eigenvalue weighted by Gasteiger charge is 2.41. The maximum atomic E-state index is 6.63. The minimum Gasteiger partial charge on any atom is -0.544 e. The third-order valence-electron chi connectivity index (χ3n) is 5.35. The van der Waals surface area contributed by atoms with Gasteiger partial charge in [0.2, 0.25) is 8.32 Å². The molecule has 0 aliphatic carbocycles. The summed E-state index contributed by atoms with van der Waals surface area (Å²) in [6, 6.07) is 5.94. The Morgan fingerprint density at radius 3 is 2.50 bits per heavy atom. The highest BCUT2D eigenvalue weighted by atomic mass is 32.2. The monoisotopic (exact) mass is 423 g/mol. The average Bonchev–Trinajstić information content (AvgIpc) is 2.58. The zero-order chi connectivity index (χ0) is 21.0. The topological polar surface area (TPSA) is 40.6 Å². The van der Waals surface area contributed by atoms with Gasteiger partial charge < -0.3 is 13.9 Å². The lowest BCUT2D eigenvalue weighted by Crippen LogP contribution is -2.42. The van der Waals surface area contributed by atoms with Gasteiger partial charge >= 0.3 is 0 Å². The first-order valence-corrected chi connectivity index (χ1v) is 13.9. The number of rotatable bonds is 6. The Kier molecular flexibility index (Phi) is 7.67. The summed E-state index contributed by atoms with van der Waals surface area (Å²) in [5, 5.41) is 1.10. The predicted molar refractivity (Wildman–Crippen MR) is 120 cm³/mol. The van der Waals surface area contributed by atoms with Crippen molar-refractivity contribution in [1.29, 1.82) is 0 Å². The Morgan fingerprint density at radius 2 is 1.93 bits per heavy atom. The van der Waals surface area contributed by atoms with Crippen molar-refractivity contribution in [2.24, 2.45) is 5.41 Å². The van der Waals surface area contributed by atoms with Crippen LogP contribution < -0.4 is 0 Å². The largest absolute Gasteiger partial charge is 0.544 e. The lowest BCUT2D eigenvalue weighted by molar-refractivity contribution is -0.0360. The van der Waals surface area contributed by atoms with Crippen LogP contribution in [0.3, 0.4) is 0 Å². The second-order valence-electron chi connectivity index (χ2n) is 9.94. The molecule has 1 aromatic rings. The van der Waals surface area contributed by atoms with Gasteiger partial charge in [-0.05, 0) is 43.1 Å². The van der Waals surface area contributed by atoms with Gasteiger partial charge in [-0.2, -0.15) is 0 Å². The van der Waals surface area contributed by atoms with Gasteiger partial charge in [-0.1, -0.05) is 59.4 Å². The Labute approximate surface area is 176 Å². The van der Waals surface area contributed by atoms with Crippen LogP contribution in [0.1, 0.15) is 54.4 Å². The van der Waals surface area contributed by atoms with E-state index >= 15 is 0 Å². The van der Waals surface area contributed by atoms with Crippen LogP contribution in [0, 0.1) is 5.41 Å². The fraction of sp³-hybridized carbons (Fsp3) is 0.682. The van der Waals surface area contributed by atoms with E-state index in [1.807, 2.05) is 30.7 Å². The Morgan fingerprint density at radius 1 is 1.21 bits per heavy atom. The van der Waals surface area contributed by atoms with E-state index in [-0.39, 0.29) is 22.0 Å². The Balaban J connectivity index is 2.14. The van der Waals surface area contributed by atoms with Gasteiger partial charge in [-0.25, -0.2) is 4.98 Å². The van der Waals surface area contributed by atoms with Crippen LogP contribution >= 0.6 is 11.8 Å². The van der Waals surface area contributed by atoms with Crippen LogP contribution in [-0.4, -0.2) is 31.4 Å². The van der Waals surface area contributed by atoms with Crippen molar-refractivity contribution >= 4 is 20.1 Å². The predicted octanol–water partition coefficient (Wildman–Crippen LogP) is 6.60. The molecule has 0 bridgehead atoms. The summed E-state index contributed by atoms with van der Waals surface area (Å²) in [5.74, 6) is 0.922. The number of allylic oxidation sites excluding steroid dienone is 1. The zero-order valence-electron chi connectivity index (χ0n) is 18.7. The molecule has 1 saturated heterocycles. The quantitative estimate of drug-likeness (QED) is 0.380. The zero-order valence-corrected chi connectivity index (χ0v) is 20.6. The minimum absolute atomic E-state index is 0.0129. The number of ether oxygens (including phenoxy) is 2. The van der Waals surface area contributed by atoms with Crippen LogP contribution in [0.4, 0.5) is 0 Å². The molecular weight excluding hydrogens is 386 g/mol. The molecule has 0 spiro atoms. The molecule has 158 valence electrons. The van der Waals surface area contributed by atoms with Crippen molar-refractivity contribution in [3.8, 4) is 0 Å². The van der Waals surface area contributed by atoms with Gasteiger partial charge in [-0.3, -0.25) is 0 Å². The SMILES string of the molecule is CC(C)(C)/C(=C/O[C@H]1CCCO[C@H]1Sc1ccccn1)O[Si](C)(C)C(C)(C)C. The molecule has 1 aliphatic rings. The first-order chi connectivity index (χ1) is 12.9. The highest BCUT2D eigenvalue weighted by molar-refractivity contribution is 7.99. The first-order valence-electron chi connectivity index (χ1n) is 10.1. The summed E-state index contributed by atoms with van der Waals surface area (Å²) in [4.78, 5) is 4.41. The van der Waals surface area contributed by atoms with E-state index in [2.05, 4.69) is 59.6 Å². The fourth-order valence-electron chi connectivity index (χ4n) is 2.44. The third kappa shape index (κ3) is 6.53. The lowest BCUT2D eigenvalue weighted by Gasteiger charge is -2.40. The minimum atomic E-state index is -1.94. The summed E-state index contributed by atoms with van der Waals surface area (Å²) in [5.41, 5.74) is -0.178. The van der Waals surface area contributed by atoms with E-state index in [1.54, 1.807) is 11.8 Å². The second-order valence-corrected chi connectivity index (χ2v) is 15.8. The van der Waals surface area contributed by atoms with Crippen molar-refractivity contribution in [1.82, 2.24) is 4.98 Å². The molecule has 0 radical (unpaired) electrons. The van der Waals surface area contributed by atoms with Crippen LogP contribution in [0.5, 0.6) is 0 Å². The summed E-state index contributed by atoms with van der Waals surface area (Å²) in [7, 11) is -1.94. The number of pyridine rings is 1. The van der Waals surface area contributed by atoms with Gasteiger partial charge in [0.15, 0.2) is 0 Å². The van der Waals surface area contributed by atoms with Crippen LogP contribution in [0.2, 0.25) is 18.1 Å². The standard InChI is InChI=1S/C22H37NO3SSi/c1-21(2,3)18(26-28(7,8)22(4,5)6)16-25-17-12-11-15-24-20(17)27-19-13-9-10-14-23-19/h9-10,13-14,16-17,20H,11-12,15H2,1-8H3/b18-16-/t17-,20-/m0/s1. The van der Waals surface area contributed by atoms with Gasteiger partial charge in [0.05, 0.1) is 5.03 Å². The number of nitrogens with zero attached hydrogens (tertiary/aromatic N) is 1. The molecule has 0 unspecified atom stereocenters. The smallest absolute Gasteiger partial charge is 0.250 e. The molecule has 2 atom stereocenters. The molecule has 1 aliphatic heterocycles. The molecule has 2 rings (SSSR count). The first kappa shape index (κ1) is 23.3. The van der Waals surface area contributed by atoms with E-state index in [0.29, 0.717) is 0 Å². The third-order valence-corrected chi connectivity index (χ3v) is 10.9. The maximum absolute atomic E-state index is 6.63. The molecular formula is C22H37NO3SSi. The van der Waals surface area contributed by atoms with E-state index in [4.69, 9.17) is 13.9 Å². The molecule has 0 N–H and O–H groups in total. The summed E-state index contributed by atoms with van der Waals surface area (Å²) < 4.78 is 18.9. The van der Waals surface area contributed by atoms with Crippen LogP contribution in [0.15, 0.2) is 41.4 Å². The molecule has 1 fully saturated rings. The van der Waals surface area contributed by atoms with Gasteiger partial charge in [0.1, 0.15) is 23.6 Å². The van der Waals surface area contributed by atoms with Gasteiger partial charge in [-0.15, -0.1) is 0 Å². The Hall–Kier alpha value is -0.983. The van der Waals surface area contributed by atoms with Gasteiger partial charge in [0, 0.05) is 18.2 Å². The molecule has 4 nitrogen and oxygen atoms in total. The number of aromatic nitrogens is 1. The molecule has 6 heteroatoms. The van der Waals surface area contributed by atoms with E-state index in [1.165, 1.54) is 0 Å². The van der Waals surface area contributed by atoms with Crippen molar-refractivity contribution in [2.45, 2.75) is 89.1 Å².